The Balaban J connectivity index is 2.23. The van der Waals surface area contributed by atoms with Crippen LogP contribution in [-0.4, -0.2) is 17.3 Å². The first-order valence-corrected chi connectivity index (χ1v) is 5.79. The molecule has 1 N–H and O–H groups in total. The number of methoxy groups -OCH3 is 1. The summed E-state index contributed by atoms with van der Waals surface area (Å²) in [7, 11) is 1.64. The molecule has 0 saturated carbocycles. The van der Waals surface area contributed by atoms with E-state index in [9.17, 15) is 0 Å². The van der Waals surface area contributed by atoms with E-state index in [0.29, 0.717) is 0 Å². The molecule has 0 bridgehead atoms. The Kier molecular flexibility index (Phi) is 3.17. The van der Waals surface area contributed by atoms with Gasteiger partial charge >= 0.3 is 0 Å². The Morgan fingerprint density at radius 2 is 2.13 bits per heavy atom. The summed E-state index contributed by atoms with van der Waals surface area (Å²) >= 11 is 4.68. The average Bonchev–Trinajstić information content (AvgIpc) is 2.65. The van der Waals surface area contributed by atoms with Crippen LogP contribution < -0.4 is 10.1 Å². The Labute approximate surface area is 99.4 Å². The van der Waals surface area contributed by atoms with Crippen LogP contribution in [0.1, 0.15) is 0 Å². The molecule has 0 aliphatic carbocycles. The van der Waals surface area contributed by atoms with Gasteiger partial charge in [-0.25, -0.2) is 0 Å². The summed E-state index contributed by atoms with van der Waals surface area (Å²) in [6.07, 6.45) is 0. The lowest BCUT2D eigenvalue weighted by Gasteiger charge is -2.07. The number of benzene rings is 1. The normalized spacial score (nSPS) is 10.0. The quantitative estimate of drug-likeness (QED) is 0.942. The number of rotatable bonds is 3. The number of nitrogens with one attached hydrogen (secondary N) is 1. The van der Waals surface area contributed by atoms with Crippen LogP contribution in [0.5, 0.6) is 5.75 Å². The van der Waals surface area contributed by atoms with Gasteiger partial charge in [0.1, 0.15) is 5.75 Å². The molecule has 0 spiro atoms. The number of aromatic nitrogens is 2. The van der Waals surface area contributed by atoms with E-state index in [2.05, 4.69) is 31.4 Å². The second kappa shape index (κ2) is 4.59. The van der Waals surface area contributed by atoms with E-state index in [4.69, 9.17) is 4.74 Å². The maximum Gasteiger partial charge on any atom is 0.211 e. The van der Waals surface area contributed by atoms with Crippen molar-refractivity contribution >= 4 is 38.1 Å². The van der Waals surface area contributed by atoms with Crippen molar-refractivity contribution in [3.63, 3.8) is 0 Å². The molecule has 0 saturated heterocycles. The molecule has 15 heavy (non-hydrogen) atoms. The van der Waals surface area contributed by atoms with Gasteiger partial charge in [-0.15, -0.1) is 10.2 Å². The standard InChI is InChI=1S/C9H8BrN3OS/c1-14-7-5-3-2-4-6(7)11-9-13-12-8(10)15-9/h2-5H,1H3,(H,11,13). The van der Waals surface area contributed by atoms with Crippen molar-refractivity contribution in [3.05, 3.63) is 28.2 Å². The fourth-order valence-electron chi connectivity index (χ4n) is 1.12. The van der Waals surface area contributed by atoms with Crippen LogP contribution in [0, 0.1) is 0 Å². The minimum absolute atomic E-state index is 0.728. The lowest BCUT2D eigenvalue weighted by Crippen LogP contribution is -1.93. The Hall–Kier alpha value is -1.14. The third kappa shape index (κ3) is 2.45. The molecule has 4 nitrogen and oxygen atoms in total. The number of anilines is 2. The van der Waals surface area contributed by atoms with E-state index in [-0.39, 0.29) is 0 Å². The van der Waals surface area contributed by atoms with Crippen molar-refractivity contribution in [1.82, 2.24) is 10.2 Å². The van der Waals surface area contributed by atoms with Crippen molar-refractivity contribution in [2.75, 3.05) is 12.4 Å². The van der Waals surface area contributed by atoms with E-state index < -0.39 is 0 Å². The molecule has 2 rings (SSSR count). The van der Waals surface area contributed by atoms with E-state index in [1.807, 2.05) is 24.3 Å². The van der Waals surface area contributed by atoms with E-state index in [0.717, 1.165) is 20.5 Å². The second-order valence-corrected chi connectivity index (χ2v) is 4.94. The maximum absolute atomic E-state index is 5.21. The van der Waals surface area contributed by atoms with Crippen LogP contribution in [0.15, 0.2) is 28.2 Å². The summed E-state index contributed by atoms with van der Waals surface area (Å²) in [5.41, 5.74) is 0.878. The highest BCUT2D eigenvalue weighted by atomic mass is 79.9. The highest BCUT2D eigenvalue weighted by Crippen LogP contribution is 2.29. The molecule has 1 aromatic heterocycles. The van der Waals surface area contributed by atoms with Gasteiger partial charge < -0.3 is 10.1 Å². The molecule has 0 radical (unpaired) electrons. The zero-order chi connectivity index (χ0) is 10.7. The summed E-state index contributed by atoms with van der Waals surface area (Å²) < 4.78 is 5.96. The first-order chi connectivity index (χ1) is 7.29. The lowest BCUT2D eigenvalue weighted by molar-refractivity contribution is 0.417. The van der Waals surface area contributed by atoms with Crippen molar-refractivity contribution in [2.24, 2.45) is 0 Å². The minimum Gasteiger partial charge on any atom is -0.495 e. The molecule has 0 fully saturated rings. The number of hydrogen-bond acceptors (Lipinski definition) is 5. The van der Waals surface area contributed by atoms with Crippen molar-refractivity contribution < 1.29 is 4.74 Å². The third-order valence-electron chi connectivity index (χ3n) is 1.75. The molecule has 1 aromatic carbocycles. The summed E-state index contributed by atoms with van der Waals surface area (Å²) in [5, 5.41) is 11.7. The van der Waals surface area contributed by atoms with Gasteiger partial charge in [0.2, 0.25) is 5.13 Å². The average molecular weight is 286 g/mol. The molecule has 0 atom stereocenters. The Morgan fingerprint density at radius 1 is 1.33 bits per heavy atom. The summed E-state index contributed by atoms with van der Waals surface area (Å²) in [4.78, 5) is 0. The molecule has 0 unspecified atom stereocenters. The van der Waals surface area contributed by atoms with Gasteiger partial charge in [0, 0.05) is 0 Å². The molecule has 78 valence electrons. The van der Waals surface area contributed by atoms with Crippen LogP contribution in [0.2, 0.25) is 0 Å². The molecule has 2 aromatic rings. The second-order valence-electron chi connectivity index (χ2n) is 2.69. The zero-order valence-corrected chi connectivity index (χ0v) is 10.3. The van der Waals surface area contributed by atoms with Crippen molar-refractivity contribution in [3.8, 4) is 5.75 Å². The molecular formula is C9H8BrN3OS. The van der Waals surface area contributed by atoms with Gasteiger partial charge in [0.25, 0.3) is 0 Å². The number of hydrogen-bond donors (Lipinski definition) is 1. The predicted molar refractivity (Wildman–Crippen MR) is 63.9 cm³/mol. The zero-order valence-electron chi connectivity index (χ0n) is 7.90. The van der Waals surface area contributed by atoms with Gasteiger partial charge in [-0.1, -0.05) is 23.5 Å². The minimum atomic E-state index is 0.728. The lowest BCUT2D eigenvalue weighted by atomic mass is 10.3. The first kappa shape index (κ1) is 10.4. The maximum atomic E-state index is 5.21. The largest absolute Gasteiger partial charge is 0.495 e. The number of halogens is 1. The van der Waals surface area contributed by atoms with E-state index in [1.165, 1.54) is 11.3 Å². The highest BCUT2D eigenvalue weighted by Gasteiger charge is 2.05. The van der Waals surface area contributed by atoms with Crippen LogP contribution in [0.4, 0.5) is 10.8 Å². The molecule has 6 heteroatoms. The molecule has 0 amide bonds. The van der Waals surface area contributed by atoms with E-state index >= 15 is 0 Å². The monoisotopic (exact) mass is 285 g/mol. The fourth-order valence-corrected chi connectivity index (χ4v) is 2.14. The fraction of sp³-hybridized carbons (Fsp3) is 0.111. The molecule has 0 aliphatic heterocycles. The first-order valence-electron chi connectivity index (χ1n) is 4.18. The van der Waals surface area contributed by atoms with Crippen molar-refractivity contribution in [1.29, 1.82) is 0 Å². The summed E-state index contributed by atoms with van der Waals surface area (Å²) in [6.45, 7) is 0. The molecule has 0 aliphatic rings. The Bertz CT molecular complexity index is 460. The highest BCUT2D eigenvalue weighted by molar-refractivity contribution is 9.11. The van der Waals surface area contributed by atoms with E-state index in [1.54, 1.807) is 7.11 Å². The van der Waals surface area contributed by atoms with Crippen LogP contribution in [0.25, 0.3) is 0 Å². The molecular weight excluding hydrogens is 278 g/mol. The number of ether oxygens (including phenoxy) is 1. The van der Waals surface area contributed by atoms with Gasteiger partial charge in [-0.05, 0) is 28.1 Å². The van der Waals surface area contributed by atoms with Crippen molar-refractivity contribution in [2.45, 2.75) is 0 Å². The SMILES string of the molecule is COc1ccccc1Nc1nnc(Br)s1. The van der Waals surface area contributed by atoms with Crippen LogP contribution in [-0.2, 0) is 0 Å². The van der Waals surface area contributed by atoms with Gasteiger partial charge in [-0.3, -0.25) is 0 Å². The van der Waals surface area contributed by atoms with Gasteiger partial charge in [-0.2, -0.15) is 0 Å². The predicted octanol–water partition coefficient (Wildman–Crippen LogP) is 3.05. The number of nitrogens with zero attached hydrogens (tertiary/aromatic N) is 2. The molecule has 1 heterocycles. The summed E-state index contributed by atoms with van der Waals surface area (Å²) in [6, 6.07) is 7.66. The van der Waals surface area contributed by atoms with Gasteiger partial charge in [0.15, 0.2) is 3.92 Å². The number of para-hydroxylation sites is 2. The van der Waals surface area contributed by atoms with Gasteiger partial charge in [0.05, 0.1) is 12.8 Å². The Morgan fingerprint density at radius 3 is 2.80 bits per heavy atom. The van der Waals surface area contributed by atoms with Crippen LogP contribution in [0.3, 0.4) is 0 Å². The van der Waals surface area contributed by atoms with Crippen LogP contribution >= 0.6 is 27.3 Å². The third-order valence-corrected chi connectivity index (χ3v) is 3.02. The smallest absolute Gasteiger partial charge is 0.211 e. The summed E-state index contributed by atoms with van der Waals surface area (Å²) in [5.74, 6) is 0.781. The topological polar surface area (TPSA) is 47.0 Å².